The van der Waals surface area contributed by atoms with Crippen molar-refractivity contribution < 1.29 is 0 Å². The molecule has 0 spiro atoms. The lowest BCUT2D eigenvalue weighted by Gasteiger charge is -2.06. The summed E-state index contributed by atoms with van der Waals surface area (Å²) in [6.07, 6.45) is 6.04. The molecule has 2 aromatic heterocycles. The van der Waals surface area contributed by atoms with Gasteiger partial charge in [-0.2, -0.15) is 0 Å². The van der Waals surface area contributed by atoms with Crippen molar-refractivity contribution in [1.82, 2.24) is 9.97 Å². The molecule has 22 heavy (non-hydrogen) atoms. The molecular formula is C18H18N4. The highest BCUT2D eigenvalue weighted by Crippen LogP contribution is 2.30. The number of aliphatic imine (C=N–C) groups is 1. The number of nitrogens with two attached hydrogens (primary N) is 1. The third-order valence-electron chi connectivity index (χ3n) is 4.19. The molecule has 0 atom stereocenters. The molecule has 3 aromatic rings. The second-order valence-corrected chi connectivity index (χ2v) is 5.74. The Bertz CT molecular complexity index is 931. The predicted molar refractivity (Wildman–Crippen MR) is 93.3 cm³/mol. The SMILES string of the molecule is CCCc1cc2c(N)nc3cc(C4=CC=NC4)ccc3c2[nH]1. The van der Waals surface area contributed by atoms with Gasteiger partial charge in [0.15, 0.2) is 0 Å². The molecule has 0 bridgehead atoms. The van der Waals surface area contributed by atoms with Gasteiger partial charge in [-0.05, 0) is 35.8 Å². The van der Waals surface area contributed by atoms with Crippen LogP contribution in [0.3, 0.4) is 0 Å². The zero-order chi connectivity index (χ0) is 15.1. The molecule has 0 amide bonds. The van der Waals surface area contributed by atoms with Gasteiger partial charge < -0.3 is 10.7 Å². The van der Waals surface area contributed by atoms with Crippen molar-refractivity contribution in [3.8, 4) is 0 Å². The summed E-state index contributed by atoms with van der Waals surface area (Å²) in [7, 11) is 0. The Kier molecular flexibility index (Phi) is 2.96. The van der Waals surface area contributed by atoms with E-state index in [9.17, 15) is 0 Å². The Labute approximate surface area is 128 Å². The maximum Gasteiger partial charge on any atom is 0.133 e. The number of aromatic amines is 1. The average molecular weight is 290 g/mol. The van der Waals surface area contributed by atoms with E-state index in [-0.39, 0.29) is 0 Å². The van der Waals surface area contributed by atoms with Crippen LogP contribution in [-0.2, 0) is 6.42 Å². The number of benzene rings is 1. The Morgan fingerprint density at radius 1 is 1.23 bits per heavy atom. The molecule has 1 aliphatic heterocycles. The van der Waals surface area contributed by atoms with Crippen molar-refractivity contribution >= 4 is 39.4 Å². The lowest BCUT2D eigenvalue weighted by atomic mass is 10.0. The number of aryl methyl sites for hydroxylation is 1. The van der Waals surface area contributed by atoms with Gasteiger partial charge in [0.1, 0.15) is 5.82 Å². The van der Waals surface area contributed by atoms with Crippen LogP contribution in [0.2, 0.25) is 0 Å². The number of anilines is 1. The topological polar surface area (TPSA) is 67.1 Å². The molecule has 0 saturated heterocycles. The van der Waals surface area contributed by atoms with Crippen molar-refractivity contribution in [1.29, 1.82) is 0 Å². The molecule has 4 nitrogen and oxygen atoms in total. The Morgan fingerprint density at radius 3 is 2.91 bits per heavy atom. The fourth-order valence-corrected chi connectivity index (χ4v) is 3.09. The lowest BCUT2D eigenvalue weighted by Crippen LogP contribution is -1.93. The first-order valence-corrected chi connectivity index (χ1v) is 7.66. The number of nitrogen functional groups attached to an aromatic ring is 1. The highest BCUT2D eigenvalue weighted by atomic mass is 14.9. The predicted octanol–water partition coefficient (Wildman–Crippen LogP) is 3.72. The molecule has 0 saturated carbocycles. The smallest absolute Gasteiger partial charge is 0.133 e. The van der Waals surface area contributed by atoms with E-state index in [4.69, 9.17) is 5.73 Å². The van der Waals surface area contributed by atoms with Crippen LogP contribution in [0.25, 0.3) is 27.4 Å². The summed E-state index contributed by atoms with van der Waals surface area (Å²) in [4.78, 5) is 12.4. The minimum absolute atomic E-state index is 0.593. The zero-order valence-electron chi connectivity index (χ0n) is 12.6. The zero-order valence-corrected chi connectivity index (χ0v) is 12.6. The number of nitrogens with zero attached hydrogens (tertiary/aromatic N) is 2. The minimum atomic E-state index is 0.593. The fraction of sp³-hybridized carbons (Fsp3) is 0.222. The van der Waals surface area contributed by atoms with E-state index in [1.165, 1.54) is 11.3 Å². The highest BCUT2D eigenvalue weighted by molar-refractivity contribution is 6.09. The number of pyridine rings is 1. The van der Waals surface area contributed by atoms with Gasteiger partial charge in [0, 0.05) is 22.7 Å². The fourth-order valence-electron chi connectivity index (χ4n) is 3.09. The van der Waals surface area contributed by atoms with Gasteiger partial charge in [0.05, 0.1) is 17.6 Å². The molecule has 3 heterocycles. The summed E-state index contributed by atoms with van der Waals surface area (Å²) in [5.74, 6) is 0.593. The van der Waals surface area contributed by atoms with Gasteiger partial charge in [-0.1, -0.05) is 25.5 Å². The maximum absolute atomic E-state index is 6.16. The number of rotatable bonds is 3. The van der Waals surface area contributed by atoms with E-state index in [0.717, 1.165) is 46.8 Å². The maximum atomic E-state index is 6.16. The van der Waals surface area contributed by atoms with Crippen LogP contribution in [0.4, 0.5) is 5.82 Å². The van der Waals surface area contributed by atoms with Crippen LogP contribution in [0.5, 0.6) is 0 Å². The molecule has 1 aliphatic rings. The molecule has 4 rings (SSSR count). The number of fused-ring (bicyclic) bond motifs is 3. The van der Waals surface area contributed by atoms with Gasteiger partial charge in [0.2, 0.25) is 0 Å². The van der Waals surface area contributed by atoms with Crippen LogP contribution >= 0.6 is 0 Å². The number of allylic oxidation sites excluding steroid dienone is 1. The summed E-state index contributed by atoms with van der Waals surface area (Å²) in [6, 6.07) is 8.50. The second kappa shape index (κ2) is 4.98. The Hall–Kier alpha value is -2.62. The van der Waals surface area contributed by atoms with Crippen LogP contribution in [0, 0.1) is 0 Å². The highest BCUT2D eigenvalue weighted by Gasteiger charge is 2.12. The third kappa shape index (κ3) is 1.99. The van der Waals surface area contributed by atoms with E-state index in [2.05, 4.69) is 52.2 Å². The number of nitrogens with one attached hydrogen (secondary N) is 1. The van der Waals surface area contributed by atoms with E-state index < -0.39 is 0 Å². The van der Waals surface area contributed by atoms with Gasteiger partial charge in [-0.15, -0.1) is 0 Å². The molecule has 0 fully saturated rings. The standard InChI is InChI=1S/C18H18N4/c1-2-3-13-9-15-17(21-13)14-5-4-11(12-6-7-20-10-12)8-16(14)22-18(15)19/h4-9,21H,2-3,10H2,1H3,(H2,19,22). The summed E-state index contributed by atoms with van der Waals surface area (Å²) >= 11 is 0. The Morgan fingerprint density at radius 2 is 2.14 bits per heavy atom. The molecular weight excluding hydrogens is 272 g/mol. The van der Waals surface area contributed by atoms with Gasteiger partial charge in [-0.3, -0.25) is 4.99 Å². The van der Waals surface area contributed by atoms with Crippen molar-refractivity contribution in [3.05, 3.63) is 41.6 Å². The molecule has 0 radical (unpaired) electrons. The summed E-state index contributed by atoms with van der Waals surface area (Å²) in [6.45, 7) is 2.92. The van der Waals surface area contributed by atoms with Crippen molar-refractivity contribution in [3.63, 3.8) is 0 Å². The van der Waals surface area contributed by atoms with Crippen molar-refractivity contribution in [2.45, 2.75) is 19.8 Å². The van der Waals surface area contributed by atoms with E-state index in [1.807, 2.05) is 6.21 Å². The third-order valence-corrected chi connectivity index (χ3v) is 4.19. The van der Waals surface area contributed by atoms with Crippen LogP contribution in [-0.4, -0.2) is 22.7 Å². The number of H-pyrrole nitrogens is 1. The van der Waals surface area contributed by atoms with Crippen LogP contribution in [0.15, 0.2) is 35.3 Å². The average Bonchev–Trinajstić information content (AvgIpc) is 3.17. The largest absolute Gasteiger partial charge is 0.383 e. The monoisotopic (exact) mass is 290 g/mol. The van der Waals surface area contributed by atoms with Crippen LogP contribution < -0.4 is 5.73 Å². The van der Waals surface area contributed by atoms with Gasteiger partial charge in [0.25, 0.3) is 0 Å². The molecule has 4 heteroatoms. The summed E-state index contributed by atoms with van der Waals surface area (Å²) in [5.41, 5.74) is 11.8. The van der Waals surface area contributed by atoms with E-state index in [0.29, 0.717) is 5.82 Å². The summed E-state index contributed by atoms with van der Waals surface area (Å²) < 4.78 is 0. The quantitative estimate of drug-likeness (QED) is 0.772. The Balaban J connectivity index is 1.92. The van der Waals surface area contributed by atoms with Gasteiger partial charge >= 0.3 is 0 Å². The lowest BCUT2D eigenvalue weighted by molar-refractivity contribution is 0.896. The number of aromatic nitrogens is 2. The van der Waals surface area contributed by atoms with Crippen molar-refractivity contribution in [2.24, 2.45) is 4.99 Å². The van der Waals surface area contributed by atoms with Gasteiger partial charge in [-0.25, -0.2) is 4.98 Å². The molecule has 0 aliphatic carbocycles. The molecule has 110 valence electrons. The van der Waals surface area contributed by atoms with E-state index >= 15 is 0 Å². The first kappa shape index (κ1) is 13.1. The molecule has 3 N–H and O–H groups in total. The normalized spacial score (nSPS) is 14.1. The number of hydrogen-bond donors (Lipinski definition) is 2. The first-order chi connectivity index (χ1) is 10.8. The van der Waals surface area contributed by atoms with Crippen LogP contribution in [0.1, 0.15) is 24.6 Å². The molecule has 1 aromatic carbocycles. The van der Waals surface area contributed by atoms with E-state index in [1.54, 1.807) is 0 Å². The summed E-state index contributed by atoms with van der Waals surface area (Å²) in [5, 5.41) is 2.14. The first-order valence-electron chi connectivity index (χ1n) is 7.66. The molecule has 0 unspecified atom stereocenters. The minimum Gasteiger partial charge on any atom is -0.383 e. The number of hydrogen-bond acceptors (Lipinski definition) is 3. The van der Waals surface area contributed by atoms with Crippen molar-refractivity contribution in [2.75, 3.05) is 12.3 Å². The second-order valence-electron chi connectivity index (χ2n) is 5.74.